The number of rotatable bonds is 4. The van der Waals surface area contributed by atoms with Gasteiger partial charge >= 0.3 is 5.97 Å². The first-order chi connectivity index (χ1) is 10.2. The van der Waals surface area contributed by atoms with E-state index in [1.54, 1.807) is 5.57 Å². The zero-order valence-corrected chi connectivity index (χ0v) is 14.9. The van der Waals surface area contributed by atoms with Crippen molar-refractivity contribution >= 4 is 5.97 Å². The molecule has 0 bridgehead atoms. The van der Waals surface area contributed by atoms with E-state index < -0.39 is 5.97 Å². The molecule has 2 aliphatic carbocycles. The molecule has 2 nitrogen and oxygen atoms in total. The van der Waals surface area contributed by atoms with Crippen molar-refractivity contribution in [3.8, 4) is 0 Å². The van der Waals surface area contributed by atoms with Crippen molar-refractivity contribution in [3.63, 3.8) is 0 Å². The maximum Gasteiger partial charge on any atom is 0.328 e. The van der Waals surface area contributed by atoms with Gasteiger partial charge in [-0.3, -0.25) is 0 Å². The first-order valence-electron chi connectivity index (χ1n) is 8.77. The summed E-state index contributed by atoms with van der Waals surface area (Å²) in [6.45, 7) is 11.6. The summed E-state index contributed by atoms with van der Waals surface area (Å²) >= 11 is 0. The summed E-state index contributed by atoms with van der Waals surface area (Å²) in [4.78, 5) is 10.8. The van der Waals surface area contributed by atoms with Gasteiger partial charge in [0.2, 0.25) is 0 Å². The minimum Gasteiger partial charge on any atom is -0.478 e. The highest BCUT2D eigenvalue weighted by Gasteiger charge is 2.52. The van der Waals surface area contributed by atoms with E-state index >= 15 is 0 Å². The van der Waals surface area contributed by atoms with E-state index in [9.17, 15) is 4.79 Å². The minimum absolute atomic E-state index is 0.316. The average Bonchev–Trinajstić information content (AvgIpc) is 2.43. The van der Waals surface area contributed by atoms with E-state index in [1.165, 1.54) is 31.8 Å². The first kappa shape index (κ1) is 17.3. The maximum absolute atomic E-state index is 10.8. The number of hydrogen-bond acceptors (Lipinski definition) is 1. The van der Waals surface area contributed by atoms with Gasteiger partial charge in [-0.15, -0.1) is 0 Å². The predicted molar refractivity (Wildman–Crippen MR) is 91.7 cm³/mol. The minimum atomic E-state index is -0.819. The van der Waals surface area contributed by atoms with Crippen LogP contribution >= 0.6 is 0 Å². The van der Waals surface area contributed by atoms with E-state index in [-0.39, 0.29) is 0 Å². The van der Waals surface area contributed by atoms with Crippen LogP contribution < -0.4 is 0 Å². The van der Waals surface area contributed by atoms with Crippen molar-refractivity contribution < 1.29 is 9.90 Å². The molecular formula is C20H32O2. The van der Waals surface area contributed by atoms with Crippen LogP contribution in [0, 0.1) is 22.7 Å². The van der Waals surface area contributed by atoms with Crippen molar-refractivity contribution in [1.82, 2.24) is 0 Å². The second kappa shape index (κ2) is 6.22. The highest BCUT2D eigenvalue weighted by atomic mass is 16.4. The van der Waals surface area contributed by atoms with Gasteiger partial charge in [-0.25, -0.2) is 4.79 Å². The molecule has 1 N–H and O–H groups in total. The van der Waals surface area contributed by atoms with Crippen LogP contribution in [0.4, 0.5) is 0 Å². The van der Waals surface area contributed by atoms with E-state index in [0.717, 1.165) is 24.3 Å². The number of carbonyl (C=O) groups is 1. The normalized spacial score (nSPS) is 39.1. The van der Waals surface area contributed by atoms with Crippen LogP contribution in [0.25, 0.3) is 0 Å². The Labute approximate surface area is 135 Å². The Hall–Kier alpha value is -1.05. The third-order valence-electron chi connectivity index (χ3n) is 7.02. The Balaban J connectivity index is 2.22. The highest BCUT2D eigenvalue weighted by Crippen LogP contribution is 2.61. The van der Waals surface area contributed by atoms with Crippen molar-refractivity contribution in [2.24, 2.45) is 22.7 Å². The fourth-order valence-corrected chi connectivity index (χ4v) is 5.08. The molecule has 2 aliphatic rings. The molecule has 0 heterocycles. The van der Waals surface area contributed by atoms with Crippen LogP contribution in [0.2, 0.25) is 0 Å². The van der Waals surface area contributed by atoms with Gasteiger partial charge in [-0.1, -0.05) is 38.0 Å². The average molecular weight is 304 g/mol. The Morgan fingerprint density at radius 3 is 2.73 bits per heavy atom. The van der Waals surface area contributed by atoms with Gasteiger partial charge < -0.3 is 5.11 Å². The van der Waals surface area contributed by atoms with Gasteiger partial charge in [0.05, 0.1) is 0 Å². The topological polar surface area (TPSA) is 37.3 Å². The van der Waals surface area contributed by atoms with Gasteiger partial charge in [-0.2, -0.15) is 0 Å². The smallest absolute Gasteiger partial charge is 0.328 e. The Morgan fingerprint density at radius 2 is 2.09 bits per heavy atom. The van der Waals surface area contributed by atoms with Crippen LogP contribution in [0.3, 0.4) is 0 Å². The van der Waals surface area contributed by atoms with Crippen molar-refractivity contribution in [1.29, 1.82) is 0 Å². The summed E-state index contributed by atoms with van der Waals surface area (Å²) in [7, 11) is 0. The lowest BCUT2D eigenvalue weighted by Gasteiger charge is -2.58. The molecule has 0 spiro atoms. The molecule has 0 amide bonds. The highest BCUT2D eigenvalue weighted by molar-refractivity contribution is 5.80. The molecule has 2 rings (SSSR count). The standard InChI is InChI=1S/C20H32O2/c1-14(13-18(21)22)9-11-19(4)16(3)10-12-20(5)15(2)7-6-8-17(19)20/h7,13,16-17H,6,8-12H2,1-5H3,(H,21,22)/b14-13+/t16-,17+,19-,20-/m1/s1. The zero-order chi connectivity index (χ0) is 16.5. The molecule has 22 heavy (non-hydrogen) atoms. The number of hydrogen-bond donors (Lipinski definition) is 1. The van der Waals surface area contributed by atoms with E-state index in [1.807, 2.05) is 6.92 Å². The molecule has 0 aromatic rings. The van der Waals surface area contributed by atoms with Gasteiger partial charge in [0.15, 0.2) is 0 Å². The predicted octanol–water partition coefficient (Wildman–Crippen LogP) is 5.60. The number of aliphatic carboxylic acids is 1. The van der Waals surface area contributed by atoms with Crippen molar-refractivity contribution in [3.05, 3.63) is 23.3 Å². The molecular weight excluding hydrogens is 272 g/mol. The molecule has 124 valence electrons. The van der Waals surface area contributed by atoms with Crippen LogP contribution in [0.1, 0.15) is 73.1 Å². The summed E-state index contributed by atoms with van der Waals surface area (Å²) in [5.74, 6) is 0.626. The van der Waals surface area contributed by atoms with Gasteiger partial charge in [-0.05, 0) is 75.0 Å². The SMILES string of the molecule is CC1=CCC[C@H]2[C@](C)(CC/C(C)=C/C(=O)O)[C@H](C)CC[C@]12C. The summed E-state index contributed by atoms with van der Waals surface area (Å²) < 4.78 is 0. The van der Waals surface area contributed by atoms with Gasteiger partial charge in [0, 0.05) is 6.08 Å². The maximum atomic E-state index is 10.8. The Morgan fingerprint density at radius 1 is 1.41 bits per heavy atom. The fraction of sp³-hybridized carbons (Fsp3) is 0.750. The summed E-state index contributed by atoms with van der Waals surface area (Å²) in [5.41, 5.74) is 3.25. The fourth-order valence-electron chi connectivity index (χ4n) is 5.08. The third kappa shape index (κ3) is 3.02. The van der Waals surface area contributed by atoms with Crippen LogP contribution in [0.5, 0.6) is 0 Å². The summed E-state index contributed by atoms with van der Waals surface area (Å²) in [5, 5.41) is 8.92. The number of carboxylic acid groups (broad SMARTS) is 1. The molecule has 0 saturated heterocycles. The first-order valence-corrected chi connectivity index (χ1v) is 8.77. The second-order valence-corrected chi connectivity index (χ2v) is 8.21. The van der Waals surface area contributed by atoms with Gasteiger partial charge in [0.25, 0.3) is 0 Å². The molecule has 1 saturated carbocycles. The molecule has 0 aromatic heterocycles. The number of allylic oxidation sites excluding steroid dienone is 3. The molecule has 0 aromatic carbocycles. The molecule has 1 fully saturated rings. The van der Waals surface area contributed by atoms with Crippen molar-refractivity contribution in [2.75, 3.05) is 0 Å². The summed E-state index contributed by atoms with van der Waals surface area (Å²) in [6.07, 6.45) is 10.9. The Bertz CT molecular complexity index is 502. The third-order valence-corrected chi connectivity index (χ3v) is 7.02. The van der Waals surface area contributed by atoms with Gasteiger partial charge in [0.1, 0.15) is 0 Å². The molecule has 0 radical (unpaired) electrons. The lowest BCUT2D eigenvalue weighted by atomic mass is 9.47. The van der Waals surface area contributed by atoms with E-state index in [2.05, 4.69) is 33.8 Å². The second-order valence-electron chi connectivity index (χ2n) is 8.21. The largest absolute Gasteiger partial charge is 0.478 e. The Kier molecular flexibility index (Phi) is 4.89. The molecule has 2 heteroatoms. The molecule has 0 aliphatic heterocycles. The molecule has 0 unspecified atom stereocenters. The van der Waals surface area contributed by atoms with E-state index in [0.29, 0.717) is 16.7 Å². The zero-order valence-electron chi connectivity index (χ0n) is 14.9. The van der Waals surface area contributed by atoms with Crippen LogP contribution in [0.15, 0.2) is 23.3 Å². The quantitative estimate of drug-likeness (QED) is 0.542. The number of fused-ring (bicyclic) bond motifs is 1. The monoisotopic (exact) mass is 304 g/mol. The summed E-state index contributed by atoms with van der Waals surface area (Å²) in [6, 6.07) is 0. The van der Waals surface area contributed by atoms with E-state index in [4.69, 9.17) is 5.11 Å². The molecule has 4 atom stereocenters. The van der Waals surface area contributed by atoms with Crippen molar-refractivity contribution in [2.45, 2.75) is 73.1 Å². The number of carboxylic acids is 1. The van der Waals surface area contributed by atoms with Crippen LogP contribution in [-0.4, -0.2) is 11.1 Å². The lowest BCUT2D eigenvalue weighted by Crippen LogP contribution is -2.49. The lowest BCUT2D eigenvalue weighted by molar-refractivity contribution is -0.131. The van der Waals surface area contributed by atoms with Crippen LogP contribution in [-0.2, 0) is 4.79 Å².